The molecule has 1 N–H and O–H groups in total. The lowest BCUT2D eigenvalue weighted by Crippen LogP contribution is -2.21. The molecule has 0 bridgehead atoms. The fourth-order valence-corrected chi connectivity index (χ4v) is 3.12. The second-order valence-corrected chi connectivity index (χ2v) is 7.37. The van der Waals surface area contributed by atoms with Crippen LogP contribution in [0.2, 0.25) is 0 Å². The standard InChI is InChI=1S/C24H18F3N7O3/c25-24(26,27)16-37-23-30-21(32-28-15-17-8-7-13-20(14-17)34(35)36)29-22(31-23)33(18-9-3-1-4-10-18)19-11-5-2-6-12-19/h1-15H,16H2,(H,29,30,31,32)/b28-15-. The van der Waals surface area contributed by atoms with Gasteiger partial charge in [-0.05, 0) is 24.3 Å². The maximum absolute atomic E-state index is 12.8. The van der Waals surface area contributed by atoms with Gasteiger partial charge in [0.25, 0.3) is 11.6 Å². The van der Waals surface area contributed by atoms with E-state index < -0.39 is 23.7 Å². The fourth-order valence-electron chi connectivity index (χ4n) is 3.12. The quantitative estimate of drug-likeness (QED) is 0.175. The Morgan fingerprint density at radius 2 is 1.59 bits per heavy atom. The Labute approximate surface area is 208 Å². The van der Waals surface area contributed by atoms with Gasteiger partial charge in [-0.1, -0.05) is 48.5 Å². The number of benzene rings is 3. The first-order valence-electron chi connectivity index (χ1n) is 10.7. The lowest BCUT2D eigenvalue weighted by molar-refractivity contribution is -0.384. The monoisotopic (exact) mass is 509 g/mol. The molecule has 0 radical (unpaired) electrons. The first kappa shape index (κ1) is 25.0. The molecule has 0 spiro atoms. The number of nitrogens with zero attached hydrogens (tertiary/aromatic N) is 6. The number of hydrogen-bond acceptors (Lipinski definition) is 9. The molecule has 1 aromatic heterocycles. The van der Waals surface area contributed by atoms with E-state index >= 15 is 0 Å². The number of nitro groups is 1. The summed E-state index contributed by atoms with van der Waals surface area (Å²) < 4.78 is 43.3. The number of para-hydroxylation sites is 2. The summed E-state index contributed by atoms with van der Waals surface area (Å²) in [6, 6.07) is 23.0. The van der Waals surface area contributed by atoms with Gasteiger partial charge in [-0.2, -0.15) is 33.2 Å². The molecule has 1 heterocycles. The van der Waals surface area contributed by atoms with Crippen molar-refractivity contribution in [2.75, 3.05) is 16.9 Å². The lowest BCUT2D eigenvalue weighted by atomic mass is 10.2. The number of non-ortho nitro benzene ring substituents is 1. The second-order valence-electron chi connectivity index (χ2n) is 7.37. The number of halogens is 3. The maximum Gasteiger partial charge on any atom is 0.422 e. The molecule has 37 heavy (non-hydrogen) atoms. The van der Waals surface area contributed by atoms with Gasteiger partial charge < -0.3 is 4.74 Å². The number of anilines is 4. The zero-order valence-electron chi connectivity index (χ0n) is 18.9. The van der Waals surface area contributed by atoms with Gasteiger partial charge in [0.15, 0.2) is 6.61 Å². The summed E-state index contributed by atoms with van der Waals surface area (Å²) in [5.74, 6) is -0.238. The van der Waals surface area contributed by atoms with Gasteiger partial charge in [-0.15, -0.1) is 0 Å². The Kier molecular flexibility index (Phi) is 7.52. The molecule has 0 atom stereocenters. The van der Waals surface area contributed by atoms with Crippen LogP contribution in [-0.2, 0) is 0 Å². The molecule has 0 fully saturated rings. The molecule has 0 unspecified atom stereocenters. The third-order valence-electron chi connectivity index (χ3n) is 4.66. The largest absolute Gasteiger partial charge is 0.454 e. The van der Waals surface area contributed by atoms with Gasteiger partial charge in [-0.3, -0.25) is 15.0 Å². The lowest BCUT2D eigenvalue weighted by Gasteiger charge is -2.23. The van der Waals surface area contributed by atoms with E-state index in [0.29, 0.717) is 16.9 Å². The maximum atomic E-state index is 12.8. The van der Waals surface area contributed by atoms with Crippen molar-refractivity contribution in [1.29, 1.82) is 0 Å². The van der Waals surface area contributed by atoms with Crippen molar-refractivity contribution in [2.45, 2.75) is 6.18 Å². The number of rotatable bonds is 9. The van der Waals surface area contributed by atoms with E-state index in [-0.39, 0.29) is 17.6 Å². The van der Waals surface area contributed by atoms with Crippen LogP contribution < -0.4 is 15.1 Å². The van der Waals surface area contributed by atoms with Crippen LogP contribution in [0.1, 0.15) is 5.56 Å². The van der Waals surface area contributed by atoms with Crippen molar-refractivity contribution in [3.63, 3.8) is 0 Å². The average molecular weight is 509 g/mol. The van der Waals surface area contributed by atoms with Crippen molar-refractivity contribution < 1.29 is 22.8 Å². The predicted octanol–water partition coefficient (Wildman–Crippen LogP) is 5.64. The summed E-state index contributed by atoms with van der Waals surface area (Å²) in [5.41, 5.74) is 4.06. The highest BCUT2D eigenvalue weighted by atomic mass is 19.4. The Balaban J connectivity index is 1.71. The molecule has 188 valence electrons. The molecule has 0 saturated heterocycles. The van der Waals surface area contributed by atoms with Gasteiger partial charge in [-0.25, -0.2) is 5.43 Å². The molecule has 0 aliphatic carbocycles. The summed E-state index contributed by atoms with van der Waals surface area (Å²) in [7, 11) is 0. The number of ether oxygens (including phenoxy) is 1. The number of hydrazone groups is 1. The van der Waals surface area contributed by atoms with Crippen LogP contribution in [0.15, 0.2) is 90.0 Å². The molecule has 0 amide bonds. The van der Waals surface area contributed by atoms with Crippen molar-refractivity contribution >= 4 is 35.2 Å². The number of aromatic nitrogens is 3. The van der Waals surface area contributed by atoms with Gasteiger partial charge in [0.2, 0.25) is 5.95 Å². The Hall–Kier alpha value is -5.07. The first-order valence-corrected chi connectivity index (χ1v) is 10.7. The van der Waals surface area contributed by atoms with Crippen molar-refractivity contribution in [2.24, 2.45) is 5.10 Å². The number of hydrogen-bond donors (Lipinski definition) is 1. The summed E-state index contributed by atoms with van der Waals surface area (Å²) >= 11 is 0. The Morgan fingerprint density at radius 3 is 2.19 bits per heavy atom. The van der Waals surface area contributed by atoms with E-state index in [1.165, 1.54) is 24.4 Å². The number of nitrogens with one attached hydrogen (secondary N) is 1. The van der Waals surface area contributed by atoms with Gasteiger partial charge in [0, 0.05) is 29.1 Å². The van der Waals surface area contributed by atoms with Crippen LogP contribution in [0.5, 0.6) is 6.01 Å². The molecule has 4 aromatic rings. The molecule has 13 heteroatoms. The zero-order valence-corrected chi connectivity index (χ0v) is 18.9. The summed E-state index contributed by atoms with van der Waals surface area (Å²) in [4.78, 5) is 24.3. The topological polar surface area (TPSA) is 119 Å². The number of nitro benzene ring substituents is 1. The first-order chi connectivity index (χ1) is 17.8. The Morgan fingerprint density at radius 1 is 0.946 bits per heavy atom. The van der Waals surface area contributed by atoms with Crippen LogP contribution in [0.4, 0.5) is 42.1 Å². The normalized spacial score (nSPS) is 11.3. The summed E-state index contributed by atoms with van der Waals surface area (Å²) in [5, 5.41) is 14.9. The molecule has 0 saturated carbocycles. The third-order valence-corrected chi connectivity index (χ3v) is 4.66. The van der Waals surface area contributed by atoms with E-state index in [1.54, 1.807) is 59.5 Å². The zero-order chi connectivity index (χ0) is 26.3. The van der Waals surface area contributed by atoms with Crippen molar-refractivity contribution in [3.8, 4) is 6.01 Å². The van der Waals surface area contributed by atoms with E-state index in [4.69, 9.17) is 4.74 Å². The molecule has 3 aromatic carbocycles. The predicted molar refractivity (Wildman–Crippen MR) is 130 cm³/mol. The average Bonchev–Trinajstić information content (AvgIpc) is 2.89. The highest BCUT2D eigenvalue weighted by molar-refractivity contribution is 5.81. The molecule has 10 nitrogen and oxygen atoms in total. The van der Waals surface area contributed by atoms with Crippen molar-refractivity contribution in [3.05, 3.63) is 101 Å². The van der Waals surface area contributed by atoms with Crippen LogP contribution >= 0.6 is 0 Å². The minimum absolute atomic E-state index is 0.0300. The Bertz CT molecular complexity index is 1350. The summed E-state index contributed by atoms with van der Waals surface area (Å²) in [6.07, 6.45) is -3.34. The number of alkyl halides is 3. The second kappa shape index (κ2) is 11.1. The van der Waals surface area contributed by atoms with Crippen LogP contribution in [-0.4, -0.2) is 38.9 Å². The van der Waals surface area contributed by atoms with E-state index in [2.05, 4.69) is 25.5 Å². The van der Waals surface area contributed by atoms with Gasteiger partial charge in [0.05, 0.1) is 11.1 Å². The van der Waals surface area contributed by atoms with Crippen LogP contribution in [0, 0.1) is 10.1 Å². The minimum atomic E-state index is -4.61. The van der Waals surface area contributed by atoms with Gasteiger partial charge >= 0.3 is 12.2 Å². The van der Waals surface area contributed by atoms with Gasteiger partial charge in [0.1, 0.15) is 0 Å². The molecule has 0 aliphatic heterocycles. The highest BCUT2D eigenvalue weighted by Gasteiger charge is 2.29. The van der Waals surface area contributed by atoms with Crippen LogP contribution in [0.3, 0.4) is 0 Å². The molecule has 0 aliphatic rings. The van der Waals surface area contributed by atoms with E-state index in [1.807, 2.05) is 12.1 Å². The SMILES string of the molecule is O=[N+]([O-])c1cccc(/C=N\Nc2nc(OCC(F)(F)F)nc(N(c3ccccc3)c3ccccc3)n2)c1. The van der Waals surface area contributed by atoms with E-state index in [9.17, 15) is 23.3 Å². The summed E-state index contributed by atoms with van der Waals surface area (Å²) in [6.45, 7) is -1.61. The minimum Gasteiger partial charge on any atom is -0.454 e. The molecular formula is C24H18F3N7O3. The van der Waals surface area contributed by atoms with E-state index in [0.717, 1.165) is 0 Å². The smallest absolute Gasteiger partial charge is 0.422 e. The fraction of sp³-hybridized carbons (Fsp3) is 0.0833. The molecule has 4 rings (SSSR count). The third kappa shape index (κ3) is 6.97. The van der Waals surface area contributed by atoms with Crippen LogP contribution in [0.25, 0.3) is 0 Å². The molecular weight excluding hydrogens is 491 g/mol. The highest BCUT2D eigenvalue weighted by Crippen LogP contribution is 2.33. The van der Waals surface area contributed by atoms with Crippen molar-refractivity contribution in [1.82, 2.24) is 15.0 Å².